The first-order valence-corrected chi connectivity index (χ1v) is 12.0. The van der Waals surface area contributed by atoms with Crippen molar-refractivity contribution in [2.24, 2.45) is 5.73 Å². The van der Waals surface area contributed by atoms with Gasteiger partial charge in [0.25, 0.3) is 5.91 Å². The molecule has 174 valence electrons. The van der Waals surface area contributed by atoms with Gasteiger partial charge < -0.3 is 26.0 Å². The smallest absolute Gasteiger partial charge is 0.256 e. The molecule has 1 amide bonds. The second-order valence-corrected chi connectivity index (χ2v) is 9.51. The molecule has 2 heterocycles. The lowest BCUT2D eigenvalue weighted by Gasteiger charge is -2.41. The van der Waals surface area contributed by atoms with Crippen molar-refractivity contribution in [1.29, 1.82) is 0 Å². The quantitative estimate of drug-likeness (QED) is 0.573. The average Bonchev–Trinajstić information content (AvgIpc) is 2.78. The van der Waals surface area contributed by atoms with Gasteiger partial charge in [-0.25, -0.2) is 4.98 Å². The van der Waals surface area contributed by atoms with Crippen LogP contribution in [0.25, 0.3) is 10.9 Å². The van der Waals surface area contributed by atoms with Crippen molar-refractivity contribution in [3.05, 3.63) is 34.9 Å². The monoisotopic (exact) mass is 459 g/mol. The lowest BCUT2D eigenvalue weighted by atomic mass is 9.92. The molecule has 4 rings (SSSR count). The first-order valence-electron chi connectivity index (χ1n) is 11.6. The Hall–Kier alpha value is -1.93. The number of methoxy groups -OCH3 is 1. The van der Waals surface area contributed by atoms with Crippen LogP contribution < -0.4 is 21.3 Å². The van der Waals surface area contributed by atoms with E-state index in [4.69, 9.17) is 27.1 Å². The van der Waals surface area contributed by atoms with Crippen molar-refractivity contribution in [2.75, 3.05) is 25.1 Å². The van der Waals surface area contributed by atoms with Gasteiger partial charge in [-0.05, 0) is 44.4 Å². The van der Waals surface area contributed by atoms with E-state index < -0.39 is 6.17 Å². The van der Waals surface area contributed by atoms with Crippen LogP contribution in [-0.2, 0) is 4.74 Å². The summed E-state index contributed by atoms with van der Waals surface area (Å²) in [5, 5.41) is 8.14. The third-order valence-corrected chi connectivity index (χ3v) is 6.81. The number of nitrogens with two attached hydrogens (primary N) is 1. The number of ether oxygens (including phenoxy) is 1. The maximum atomic E-state index is 13.0. The van der Waals surface area contributed by atoms with E-state index in [1.165, 1.54) is 32.1 Å². The molecule has 2 fully saturated rings. The number of hydrogen-bond acceptors (Lipinski definition) is 6. The summed E-state index contributed by atoms with van der Waals surface area (Å²) in [6.45, 7) is 3.20. The lowest BCUT2D eigenvalue weighted by molar-refractivity contribution is 0.0533. The zero-order chi connectivity index (χ0) is 22.7. The molecule has 2 aromatic rings. The van der Waals surface area contributed by atoms with Crippen molar-refractivity contribution in [3.63, 3.8) is 0 Å². The van der Waals surface area contributed by atoms with Gasteiger partial charge in [0.15, 0.2) is 0 Å². The Morgan fingerprint density at radius 2 is 2.03 bits per heavy atom. The maximum Gasteiger partial charge on any atom is 0.256 e. The number of piperidine rings is 1. The summed E-state index contributed by atoms with van der Waals surface area (Å²) in [7, 11) is 1.76. The topological polar surface area (TPSA) is 92.5 Å². The first-order chi connectivity index (χ1) is 15.4. The van der Waals surface area contributed by atoms with Crippen LogP contribution in [-0.4, -0.2) is 55.4 Å². The first kappa shape index (κ1) is 23.2. The van der Waals surface area contributed by atoms with Gasteiger partial charge in [0, 0.05) is 42.7 Å². The minimum atomic E-state index is -0.451. The van der Waals surface area contributed by atoms with Gasteiger partial charge in [-0.2, -0.15) is 0 Å². The number of carbonyl (C=O) groups excluding carboxylic acids is 1. The molecule has 0 bridgehead atoms. The van der Waals surface area contributed by atoms with Gasteiger partial charge >= 0.3 is 0 Å². The van der Waals surface area contributed by atoms with Crippen LogP contribution in [0.4, 0.5) is 5.82 Å². The molecule has 3 atom stereocenters. The Balaban J connectivity index is 1.60. The summed E-state index contributed by atoms with van der Waals surface area (Å²) in [6.07, 6.45) is 6.93. The predicted octanol–water partition coefficient (Wildman–Crippen LogP) is 3.44. The standard InChI is InChI=1S/C24H34ClN5O2/c1-15(26)27-24(31)19-12-16-8-9-17(25)13-21(16)29-23(19)30-11-10-20(22(14-30)32-2)28-18-6-4-3-5-7-18/h8-9,12-13,15,18,20,22,28H,3-7,10-11,14,26H2,1-2H3,(H,27,31)/t15?,20-,22+/m1/s1. The number of anilines is 1. The molecular formula is C24H34ClN5O2. The second kappa shape index (κ2) is 10.3. The van der Waals surface area contributed by atoms with Crippen LogP contribution >= 0.6 is 11.6 Å². The summed E-state index contributed by atoms with van der Waals surface area (Å²) in [6, 6.07) is 8.28. The van der Waals surface area contributed by atoms with Crippen molar-refractivity contribution in [3.8, 4) is 0 Å². The third-order valence-electron chi connectivity index (χ3n) is 6.58. The van der Waals surface area contributed by atoms with E-state index in [0.29, 0.717) is 35.0 Å². The highest BCUT2D eigenvalue weighted by atomic mass is 35.5. The number of nitrogens with one attached hydrogen (secondary N) is 2. The Bertz CT molecular complexity index is 947. The SMILES string of the molecule is CO[C@H]1CN(c2nc3cc(Cl)ccc3cc2C(=O)NC(C)N)CC[C@H]1NC1CCCCC1. The molecule has 1 aromatic heterocycles. The molecular weight excluding hydrogens is 426 g/mol. The average molecular weight is 460 g/mol. The summed E-state index contributed by atoms with van der Waals surface area (Å²) in [5.74, 6) is 0.423. The Labute approximate surface area is 195 Å². The molecule has 4 N–H and O–H groups in total. The van der Waals surface area contributed by atoms with E-state index in [2.05, 4.69) is 15.5 Å². The van der Waals surface area contributed by atoms with E-state index >= 15 is 0 Å². The van der Waals surface area contributed by atoms with E-state index in [9.17, 15) is 4.79 Å². The Morgan fingerprint density at radius 1 is 1.25 bits per heavy atom. The van der Waals surface area contributed by atoms with Crippen molar-refractivity contribution >= 4 is 34.2 Å². The summed E-state index contributed by atoms with van der Waals surface area (Å²) in [4.78, 5) is 20.0. The van der Waals surface area contributed by atoms with Crippen molar-refractivity contribution < 1.29 is 9.53 Å². The van der Waals surface area contributed by atoms with E-state index in [0.717, 1.165) is 23.9 Å². The molecule has 0 spiro atoms. The minimum Gasteiger partial charge on any atom is -0.378 e. The number of hydrogen-bond donors (Lipinski definition) is 3. The molecule has 0 radical (unpaired) electrons. The van der Waals surface area contributed by atoms with Gasteiger partial charge in [0.1, 0.15) is 5.82 Å². The highest BCUT2D eigenvalue weighted by molar-refractivity contribution is 6.31. The molecule has 1 saturated carbocycles. The number of halogens is 1. The normalized spacial score (nSPS) is 23.3. The summed E-state index contributed by atoms with van der Waals surface area (Å²) < 4.78 is 5.89. The molecule has 1 aliphatic heterocycles. The molecule has 8 heteroatoms. The van der Waals surface area contributed by atoms with Gasteiger partial charge in [-0.15, -0.1) is 0 Å². The van der Waals surface area contributed by atoms with Crippen LogP contribution in [0, 0.1) is 0 Å². The second-order valence-electron chi connectivity index (χ2n) is 9.08. The van der Waals surface area contributed by atoms with E-state index in [-0.39, 0.29) is 12.0 Å². The minimum absolute atomic E-state index is 0.0203. The van der Waals surface area contributed by atoms with Crippen LogP contribution in [0.15, 0.2) is 24.3 Å². The molecule has 2 aliphatic rings. The number of fused-ring (bicyclic) bond motifs is 1. The number of benzene rings is 1. The number of pyridine rings is 1. The highest BCUT2D eigenvalue weighted by Crippen LogP contribution is 2.29. The number of rotatable bonds is 6. The number of nitrogens with zero attached hydrogens (tertiary/aromatic N) is 2. The fourth-order valence-corrected chi connectivity index (χ4v) is 5.10. The van der Waals surface area contributed by atoms with Crippen LogP contribution in [0.5, 0.6) is 0 Å². The number of carbonyl (C=O) groups is 1. The highest BCUT2D eigenvalue weighted by Gasteiger charge is 2.33. The molecule has 1 saturated heterocycles. The Kier molecular flexibility index (Phi) is 7.51. The van der Waals surface area contributed by atoms with E-state index in [1.807, 2.05) is 24.3 Å². The van der Waals surface area contributed by atoms with Gasteiger partial charge in [0.05, 0.1) is 23.3 Å². The van der Waals surface area contributed by atoms with Gasteiger partial charge in [0.2, 0.25) is 0 Å². The van der Waals surface area contributed by atoms with Gasteiger partial charge in [-0.1, -0.05) is 36.9 Å². The number of aromatic nitrogens is 1. The zero-order valence-electron chi connectivity index (χ0n) is 18.9. The molecule has 1 aromatic carbocycles. The summed E-state index contributed by atoms with van der Waals surface area (Å²) in [5.41, 5.74) is 7.11. The fourth-order valence-electron chi connectivity index (χ4n) is 4.93. The van der Waals surface area contributed by atoms with Crippen LogP contribution in [0.1, 0.15) is 55.8 Å². The number of amides is 1. The molecule has 1 unspecified atom stereocenters. The largest absolute Gasteiger partial charge is 0.378 e. The lowest BCUT2D eigenvalue weighted by Crippen LogP contribution is -2.56. The van der Waals surface area contributed by atoms with Gasteiger partial charge in [-0.3, -0.25) is 4.79 Å². The molecule has 7 nitrogen and oxygen atoms in total. The van der Waals surface area contributed by atoms with Crippen molar-refractivity contribution in [1.82, 2.24) is 15.6 Å². The Morgan fingerprint density at radius 3 is 2.75 bits per heavy atom. The fraction of sp³-hybridized carbons (Fsp3) is 0.583. The zero-order valence-corrected chi connectivity index (χ0v) is 19.7. The van der Waals surface area contributed by atoms with Crippen molar-refractivity contribution in [2.45, 2.75) is 69.8 Å². The van der Waals surface area contributed by atoms with Crippen LogP contribution in [0.3, 0.4) is 0 Å². The molecule has 1 aliphatic carbocycles. The predicted molar refractivity (Wildman–Crippen MR) is 129 cm³/mol. The maximum absolute atomic E-state index is 13.0. The summed E-state index contributed by atoms with van der Waals surface area (Å²) >= 11 is 6.21. The van der Waals surface area contributed by atoms with E-state index in [1.54, 1.807) is 14.0 Å². The van der Waals surface area contributed by atoms with Crippen LogP contribution in [0.2, 0.25) is 5.02 Å². The molecule has 32 heavy (non-hydrogen) atoms. The third kappa shape index (κ3) is 5.34.